The summed E-state index contributed by atoms with van der Waals surface area (Å²) in [5.74, 6) is 0. The molecule has 1 heteroatoms. The van der Waals surface area contributed by atoms with Gasteiger partial charge in [0.05, 0.1) is 5.60 Å². The van der Waals surface area contributed by atoms with Crippen LogP contribution in [0, 0.1) is 13.8 Å². The third-order valence-electron chi connectivity index (χ3n) is 3.56. The van der Waals surface area contributed by atoms with Gasteiger partial charge in [0, 0.05) is 0 Å². The molecule has 0 amide bonds. The number of aryl methyl sites for hydroxylation is 2. The van der Waals surface area contributed by atoms with Crippen molar-refractivity contribution >= 4 is 0 Å². The molecular weight excluding hydrogens is 184 g/mol. The van der Waals surface area contributed by atoms with Crippen LogP contribution in [0.15, 0.2) is 18.2 Å². The molecule has 1 aromatic rings. The van der Waals surface area contributed by atoms with Crippen LogP contribution in [0.3, 0.4) is 0 Å². The maximum absolute atomic E-state index is 10.6. The highest BCUT2D eigenvalue weighted by atomic mass is 16.3. The number of hydrogen-bond donors (Lipinski definition) is 1. The van der Waals surface area contributed by atoms with Crippen molar-refractivity contribution in [1.29, 1.82) is 0 Å². The van der Waals surface area contributed by atoms with Gasteiger partial charge < -0.3 is 5.11 Å². The van der Waals surface area contributed by atoms with Gasteiger partial charge in [-0.1, -0.05) is 43.0 Å². The molecule has 1 N–H and O–H groups in total. The van der Waals surface area contributed by atoms with Crippen molar-refractivity contribution in [2.24, 2.45) is 0 Å². The Morgan fingerprint density at radius 2 is 1.73 bits per heavy atom. The highest BCUT2D eigenvalue weighted by Crippen LogP contribution is 2.38. The second-order valence-electron chi connectivity index (χ2n) is 4.91. The lowest BCUT2D eigenvalue weighted by molar-refractivity contribution is -0.00118. The predicted octanol–water partition coefficient (Wildman–Crippen LogP) is 3.46. The van der Waals surface area contributed by atoms with Crippen LogP contribution in [0.1, 0.15) is 48.8 Å². The van der Waals surface area contributed by atoms with Crippen molar-refractivity contribution in [2.75, 3.05) is 0 Å². The van der Waals surface area contributed by atoms with Gasteiger partial charge in [-0.15, -0.1) is 0 Å². The van der Waals surface area contributed by atoms with E-state index in [1.54, 1.807) is 0 Å². The summed E-state index contributed by atoms with van der Waals surface area (Å²) >= 11 is 0. The first kappa shape index (κ1) is 10.7. The molecule has 1 nitrogen and oxygen atoms in total. The lowest BCUT2D eigenvalue weighted by Gasteiger charge is -2.33. The van der Waals surface area contributed by atoms with Gasteiger partial charge in [-0.2, -0.15) is 0 Å². The van der Waals surface area contributed by atoms with Crippen LogP contribution in [0.5, 0.6) is 0 Å². The van der Waals surface area contributed by atoms with Crippen molar-refractivity contribution < 1.29 is 5.11 Å². The van der Waals surface area contributed by atoms with E-state index in [-0.39, 0.29) is 0 Å². The first-order valence-corrected chi connectivity index (χ1v) is 5.92. The number of aliphatic hydroxyl groups is 1. The molecule has 1 saturated carbocycles. The van der Waals surface area contributed by atoms with Crippen LogP contribution < -0.4 is 0 Å². The van der Waals surface area contributed by atoms with E-state index < -0.39 is 5.60 Å². The molecule has 0 radical (unpaired) electrons. The topological polar surface area (TPSA) is 20.2 Å². The Balaban J connectivity index is 2.35. The van der Waals surface area contributed by atoms with E-state index in [0.717, 1.165) is 31.2 Å². The quantitative estimate of drug-likeness (QED) is 0.742. The Morgan fingerprint density at radius 3 is 2.33 bits per heavy atom. The SMILES string of the molecule is Cc1ccc(C2(O)CCCCC2)c(C)c1. The molecule has 0 saturated heterocycles. The van der Waals surface area contributed by atoms with Crippen LogP contribution in [-0.2, 0) is 5.60 Å². The summed E-state index contributed by atoms with van der Waals surface area (Å²) in [6, 6.07) is 6.38. The number of hydrogen-bond acceptors (Lipinski definition) is 1. The second kappa shape index (κ2) is 3.97. The van der Waals surface area contributed by atoms with Gasteiger partial charge in [0.2, 0.25) is 0 Å². The van der Waals surface area contributed by atoms with Gasteiger partial charge in [0.15, 0.2) is 0 Å². The van der Waals surface area contributed by atoms with Crippen LogP contribution in [-0.4, -0.2) is 5.11 Å². The van der Waals surface area contributed by atoms with Gasteiger partial charge in [-0.25, -0.2) is 0 Å². The Hall–Kier alpha value is -0.820. The molecule has 82 valence electrons. The fourth-order valence-electron chi connectivity index (χ4n) is 2.74. The van der Waals surface area contributed by atoms with Crippen LogP contribution >= 0.6 is 0 Å². The predicted molar refractivity (Wildman–Crippen MR) is 62.9 cm³/mol. The van der Waals surface area contributed by atoms with Gasteiger partial charge >= 0.3 is 0 Å². The monoisotopic (exact) mass is 204 g/mol. The number of benzene rings is 1. The Morgan fingerprint density at radius 1 is 1.07 bits per heavy atom. The van der Waals surface area contributed by atoms with Crippen LogP contribution in [0.25, 0.3) is 0 Å². The smallest absolute Gasteiger partial charge is 0.0899 e. The summed E-state index contributed by atoms with van der Waals surface area (Å²) in [5, 5.41) is 10.6. The average Bonchev–Trinajstić information content (AvgIpc) is 2.18. The minimum Gasteiger partial charge on any atom is -0.385 e. The second-order valence-corrected chi connectivity index (χ2v) is 4.91. The van der Waals surface area contributed by atoms with Gasteiger partial charge in [0.25, 0.3) is 0 Å². The maximum atomic E-state index is 10.6. The summed E-state index contributed by atoms with van der Waals surface area (Å²) < 4.78 is 0. The first-order valence-electron chi connectivity index (χ1n) is 5.92. The summed E-state index contributed by atoms with van der Waals surface area (Å²) in [4.78, 5) is 0. The zero-order valence-electron chi connectivity index (χ0n) is 9.71. The molecule has 0 atom stereocenters. The fourth-order valence-corrected chi connectivity index (χ4v) is 2.74. The van der Waals surface area contributed by atoms with E-state index in [1.165, 1.54) is 17.5 Å². The van der Waals surface area contributed by atoms with E-state index in [2.05, 4.69) is 32.0 Å². The third kappa shape index (κ3) is 2.07. The molecule has 1 fully saturated rings. The van der Waals surface area contributed by atoms with E-state index in [1.807, 2.05) is 0 Å². The molecule has 1 aliphatic carbocycles. The summed E-state index contributed by atoms with van der Waals surface area (Å²) in [5.41, 5.74) is 3.11. The standard InChI is InChI=1S/C14H20O/c1-11-6-7-13(12(2)10-11)14(15)8-4-3-5-9-14/h6-7,10,15H,3-5,8-9H2,1-2H3. The minimum atomic E-state index is -0.546. The molecule has 1 aliphatic rings. The molecular formula is C14H20O. The molecule has 15 heavy (non-hydrogen) atoms. The molecule has 0 bridgehead atoms. The molecule has 0 spiro atoms. The van der Waals surface area contributed by atoms with E-state index in [9.17, 15) is 5.11 Å². The van der Waals surface area contributed by atoms with Crippen molar-refractivity contribution in [3.05, 3.63) is 34.9 Å². The normalized spacial score (nSPS) is 20.2. The third-order valence-corrected chi connectivity index (χ3v) is 3.56. The molecule has 0 unspecified atom stereocenters. The Kier molecular flexibility index (Phi) is 2.83. The van der Waals surface area contributed by atoms with Crippen molar-refractivity contribution in [2.45, 2.75) is 51.6 Å². The maximum Gasteiger partial charge on any atom is 0.0899 e. The van der Waals surface area contributed by atoms with Crippen LogP contribution in [0.4, 0.5) is 0 Å². The first-order chi connectivity index (χ1) is 7.12. The van der Waals surface area contributed by atoms with Crippen molar-refractivity contribution in [3.8, 4) is 0 Å². The van der Waals surface area contributed by atoms with Crippen LogP contribution in [0.2, 0.25) is 0 Å². The number of rotatable bonds is 1. The molecule has 0 aliphatic heterocycles. The van der Waals surface area contributed by atoms with E-state index in [4.69, 9.17) is 0 Å². The lowest BCUT2D eigenvalue weighted by Crippen LogP contribution is -2.29. The zero-order chi connectivity index (χ0) is 10.9. The summed E-state index contributed by atoms with van der Waals surface area (Å²) in [6.45, 7) is 4.20. The molecule has 1 aromatic carbocycles. The summed E-state index contributed by atoms with van der Waals surface area (Å²) in [7, 11) is 0. The highest BCUT2D eigenvalue weighted by Gasteiger charge is 2.32. The minimum absolute atomic E-state index is 0.546. The van der Waals surface area contributed by atoms with Crippen molar-refractivity contribution in [3.63, 3.8) is 0 Å². The Bertz CT molecular complexity index is 348. The molecule has 2 rings (SSSR count). The van der Waals surface area contributed by atoms with Gasteiger partial charge in [-0.05, 0) is 37.8 Å². The van der Waals surface area contributed by atoms with E-state index >= 15 is 0 Å². The van der Waals surface area contributed by atoms with Gasteiger partial charge in [0.1, 0.15) is 0 Å². The average molecular weight is 204 g/mol. The summed E-state index contributed by atoms with van der Waals surface area (Å²) in [6.07, 6.45) is 5.44. The molecule has 0 heterocycles. The fraction of sp³-hybridized carbons (Fsp3) is 0.571. The highest BCUT2D eigenvalue weighted by molar-refractivity contribution is 5.35. The van der Waals surface area contributed by atoms with Crippen molar-refractivity contribution in [1.82, 2.24) is 0 Å². The Labute approximate surface area is 92.1 Å². The largest absolute Gasteiger partial charge is 0.385 e. The lowest BCUT2D eigenvalue weighted by atomic mass is 9.78. The molecule has 0 aromatic heterocycles. The van der Waals surface area contributed by atoms with Gasteiger partial charge in [-0.3, -0.25) is 0 Å². The zero-order valence-corrected chi connectivity index (χ0v) is 9.71. The van der Waals surface area contributed by atoms with E-state index in [0.29, 0.717) is 0 Å².